The first-order valence-electron chi connectivity index (χ1n) is 17.5. The summed E-state index contributed by atoms with van der Waals surface area (Å²) in [5.41, 5.74) is 14.0. The summed E-state index contributed by atoms with van der Waals surface area (Å²) >= 11 is 0. The van der Waals surface area contributed by atoms with Crippen LogP contribution in [0.25, 0.3) is 61.1 Å². The molecule has 3 heterocycles. The van der Waals surface area contributed by atoms with Gasteiger partial charge < -0.3 is 4.81 Å². The van der Waals surface area contributed by atoms with E-state index >= 15 is 0 Å². The molecule has 4 heteroatoms. The largest absolute Gasteiger partial charge is 0.376 e. The molecule has 0 bridgehead atoms. The number of benzene rings is 7. The number of nitrogens with zero attached hydrogens (tertiary/aromatic N) is 3. The number of rotatable bonds is 5. The molecule has 0 saturated carbocycles. The molecular weight excluding hydrogens is 617 g/mol. The Morgan fingerprint density at radius 2 is 1.02 bits per heavy atom. The summed E-state index contributed by atoms with van der Waals surface area (Å²) in [4.78, 5) is 7.89. The van der Waals surface area contributed by atoms with Crippen molar-refractivity contribution in [1.82, 2.24) is 9.55 Å². The van der Waals surface area contributed by atoms with Gasteiger partial charge in [0.25, 0.3) is 0 Å². The van der Waals surface area contributed by atoms with E-state index in [0.717, 1.165) is 44.9 Å². The lowest BCUT2D eigenvalue weighted by molar-refractivity contribution is 1.08. The van der Waals surface area contributed by atoms with Crippen LogP contribution in [0, 0.1) is 0 Å². The molecule has 0 fully saturated rings. The lowest BCUT2D eigenvalue weighted by Gasteiger charge is -2.39. The Bertz CT molecular complexity index is 2650. The van der Waals surface area contributed by atoms with Gasteiger partial charge in [-0.3, -0.25) is 4.57 Å². The van der Waals surface area contributed by atoms with Gasteiger partial charge in [-0.25, -0.2) is 4.98 Å². The van der Waals surface area contributed by atoms with Gasteiger partial charge >= 0.3 is 6.85 Å². The van der Waals surface area contributed by atoms with E-state index in [2.05, 4.69) is 204 Å². The Morgan fingerprint density at radius 3 is 1.75 bits per heavy atom. The number of pyridine rings is 1. The van der Waals surface area contributed by atoms with E-state index in [1.165, 1.54) is 38.5 Å². The fourth-order valence-electron chi connectivity index (χ4n) is 7.96. The van der Waals surface area contributed by atoms with Gasteiger partial charge in [-0.2, -0.15) is 0 Å². The molecule has 0 spiro atoms. The molecule has 0 amide bonds. The zero-order chi connectivity index (χ0) is 33.7. The van der Waals surface area contributed by atoms with Gasteiger partial charge in [0.2, 0.25) is 0 Å². The van der Waals surface area contributed by atoms with E-state index in [-0.39, 0.29) is 6.85 Å². The Morgan fingerprint density at radius 1 is 0.431 bits per heavy atom. The maximum Gasteiger partial charge on any atom is 0.328 e. The highest BCUT2D eigenvalue weighted by Gasteiger charge is 2.36. The van der Waals surface area contributed by atoms with Crippen LogP contribution < -0.4 is 15.7 Å². The minimum atomic E-state index is 0.0320. The molecule has 0 aliphatic carbocycles. The second-order valence-electron chi connectivity index (χ2n) is 13.2. The van der Waals surface area contributed by atoms with Crippen molar-refractivity contribution in [2.75, 3.05) is 4.81 Å². The standard InChI is InChI=1S/C47H32BN3/c1-3-15-33(16-4-1)35-31-43(49-47(32-35)50-44-24-12-8-21-40(44)41-22-9-13-25-45(41)50)34-27-29-37(30-28-34)51-46-26-14-10-20-39(46)38-19-7-11-23-42(38)48(51)36-17-5-2-6-18-36/h1-32H. The molecule has 0 unspecified atom stereocenters. The molecule has 0 saturated heterocycles. The smallest absolute Gasteiger partial charge is 0.328 e. The molecule has 51 heavy (non-hydrogen) atoms. The summed E-state index contributed by atoms with van der Waals surface area (Å²) < 4.78 is 2.31. The summed E-state index contributed by atoms with van der Waals surface area (Å²) in [6.07, 6.45) is 0. The third kappa shape index (κ3) is 4.87. The van der Waals surface area contributed by atoms with Crippen LogP contribution in [0.4, 0.5) is 11.4 Å². The van der Waals surface area contributed by atoms with Gasteiger partial charge in [-0.1, -0.05) is 157 Å². The zero-order valence-electron chi connectivity index (χ0n) is 27.9. The molecule has 9 aromatic rings. The van der Waals surface area contributed by atoms with Gasteiger partial charge in [0.15, 0.2) is 0 Å². The molecule has 0 atom stereocenters. The molecular formula is C47H32BN3. The number of para-hydroxylation sites is 3. The third-order valence-corrected chi connectivity index (χ3v) is 10.3. The summed E-state index contributed by atoms with van der Waals surface area (Å²) in [5.74, 6) is 0.901. The molecule has 10 rings (SSSR count). The van der Waals surface area contributed by atoms with Crippen molar-refractivity contribution in [1.29, 1.82) is 0 Å². The number of aromatic nitrogens is 2. The highest BCUT2D eigenvalue weighted by Crippen LogP contribution is 2.40. The minimum Gasteiger partial charge on any atom is -0.376 e. The van der Waals surface area contributed by atoms with Crippen molar-refractivity contribution in [2.24, 2.45) is 0 Å². The van der Waals surface area contributed by atoms with Gasteiger partial charge in [0, 0.05) is 33.3 Å². The Kier molecular flexibility index (Phi) is 6.92. The topological polar surface area (TPSA) is 21.1 Å². The van der Waals surface area contributed by atoms with Crippen molar-refractivity contribution in [3.8, 4) is 39.3 Å². The van der Waals surface area contributed by atoms with Gasteiger partial charge in [-0.15, -0.1) is 0 Å². The molecule has 1 aliphatic heterocycles. The second kappa shape index (κ2) is 12.0. The fourth-order valence-corrected chi connectivity index (χ4v) is 7.96. The van der Waals surface area contributed by atoms with Crippen LogP contribution in [0.15, 0.2) is 194 Å². The predicted octanol–water partition coefficient (Wildman–Crippen LogP) is 10.4. The van der Waals surface area contributed by atoms with Crippen LogP contribution in [0.1, 0.15) is 0 Å². The average molecular weight is 650 g/mol. The maximum absolute atomic E-state index is 5.39. The number of hydrogen-bond acceptors (Lipinski definition) is 2. The number of fused-ring (bicyclic) bond motifs is 6. The monoisotopic (exact) mass is 649 g/mol. The molecule has 0 N–H and O–H groups in total. The lowest BCUT2D eigenvalue weighted by Crippen LogP contribution is -2.57. The highest BCUT2D eigenvalue weighted by molar-refractivity contribution is 6.90. The molecule has 0 radical (unpaired) electrons. The molecule has 1 aliphatic rings. The Hall–Kier alpha value is -6.65. The van der Waals surface area contributed by atoms with Crippen molar-refractivity contribution >= 4 is 51.0 Å². The van der Waals surface area contributed by atoms with E-state index in [9.17, 15) is 0 Å². The third-order valence-electron chi connectivity index (χ3n) is 10.3. The van der Waals surface area contributed by atoms with E-state index in [1.807, 2.05) is 0 Å². The van der Waals surface area contributed by atoms with Crippen LogP contribution in [-0.4, -0.2) is 16.4 Å². The van der Waals surface area contributed by atoms with E-state index in [1.54, 1.807) is 0 Å². The van der Waals surface area contributed by atoms with Crippen LogP contribution in [0.5, 0.6) is 0 Å². The van der Waals surface area contributed by atoms with Crippen LogP contribution >= 0.6 is 0 Å². The number of anilines is 2. The van der Waals surface area contributed by atoms with Gasteiger partial charge in [0.1, 0.15) is 5.82 Å². The zero-order valence-corrected chi connectivity index (χ0v) is 27.9. The van der Waals surface area contributed by atoms with E-state index in [0.29, 0.717) is 0 Å². The van der Waals surface area contributed by atoms with Gasteiger partial charge in [-0.05, 0) is 64.6 Å². The van der Waals surface area contributed by atoms with Crippen molar-refractivity contribution < 1.29 is 0 Å². The first-order valence-corrected chi connectivity index (χ1v) is 17.5. The SMILES string of the molecule is c1ccc(B2c3ccccc3-c3ccccc3N2c2ccc(-c3cc(-c4ccccc4)cc(-n4c5ccccc5c5ccccc54)n3)cc2)cc1. The van der Waals surface area contributed by atoms with E-state index < -0.39 is 0 Å². The quantitative estimate of drug-likeness (QED) is 0.173. The summed E-state index contributed by atoms with van der Waals surface area (Å²) in [7, 11) is 0. The normalized spacial score (nSPS) is 12.2. The summed E-state index contributed by atoms with van der Waals surface area (Å²) in [6, 6.07) is 69.7. The number of hydrogen-bond donors (Lipinski definition) is 0. The van der Waals surface area contributed by atoms with Crippen molar-refractivity contribution in [2.45, 2.75) is 0 Å². The molecule has 3 nitrogen and oxygen atoms in total. The summed E-state index contributed by atoms with van der Waals surface area (Å²) in [5, 5.41) is 2.45. The van der Waals surface area contributed by atoms with Gasteiger partial charge in [0.05, 0.1) is 16.7 Å². The highest BCUT2D eigenvalue weighted by atomic mass is 15.1. The molecule has 7 aromatic carbocycles. The van der Waals surface area contributed by atoms with Crippen LogP contribution in [0.2, 0.25) is 0 Å². The Labute approximate surface area is 297 Å². The van der Waals surface area contributed by atoms with Crippen molar-refractivity contribution in [3.63, 3.8) is 0 Å². The predicted molar refractivity (Wildman–Crippen MR) is 215 cm³/mol. The Balaban J connectivity index is 1.14. The summed E-state index contributed by atoms with van der Waals surface area (Å²) in [6.45, 7) is 0.0320. The fraction of sp³-hybridized carbons (Fsp3) is 0. The average Bonchev–Trinajstić information content (AvgIpc) is 3.55. The first kappa shape index (κ1) is 29.3. The maximum atomic E-state index is 5.39. The first-order chi connectivity index (χ1) is 25.3. The molecule has 238 valence electrons. The van der Waals surface area contributed by atoms with Crippen LogP contribution in [0.3, 0.4) is 0 Å². The lowest BCUT2D eigenvalue weighted by atomic mass is 9.46. The van der Waals surface area contributed by atoms with E-state index in [4.69, 9.17) is 4.98 Å². The second-order valence-corrected chi connectivity index (χ2v) is 13.2. The molecule has 2 aromatic heterocycles. The minimum absolute atomic E-state index is 0.0320. The van der Waals surface area contributed by atoms with Crippen LogP contribution in [-0.2, 0) is 0 Å². The van der Waals surface area contributed by atoms with Crippen molar-refractivity contribution in [3.05, 3.63) is 194 Å².